The number of aromatic nitrogens is 2. The number of Topliss-reactive ketones (excluding diaryl/α,β-unsaturated/α-hetero) is 1. The number of hydrogen-bond acceptors (Lipinski definition) is 7. The third-order valence-corrected chi connectivity index (χ3v) is 6.76. The zero-order valence-electron chi connectivity index (χ0n) is 23.2. The highest BCUT2D eigenvalue weighted by molar-refractivity contribution is 5.93. The highest BCUT2D eigenvalue weighted by atomic mass is 16.4. The number of fused-ring (bicyclic) bond motifs is 1. The summed E-state index contributed by atoms with van der Waals surface area (Å²) < 4.78 is 7.47. The minimum absolute atomic E-state index is 0.0194. The van der Waals surface area contributed by atoms with Gasteiger partial charge in [-0.2, -0.15) is 0 Å². The molecule has 0 amide bonds. The Morgan fingerprint density at radius 1 is 0.833 bits per heavy atom. The molecule has 10 heteroatoms. The van der Waals surface area contributed by atoms with Gasteiger partial charge in [-0.1, -0.05) is 54.6 Å². The van der Waals surface area contributed by atoms with Gasteiger partial charge < -0.3 is 19.2 Å². The Hall–Kier alpha value is -4.80. The number of aliphatic carboxylic acids is 2. The summed E-state index contributed by atoms with van der Waals surface area (Å²) in [4.78, 5) is 41.5. The molecule has 42 heavy (non-hydrogen) atoms. The van der Waals surface area contributed by atoms with Crippen LogP contribution in [0.4, 0.5) is 0 Å². The number of imidazole rings is 1. The average molecular weight is 571 g/mol. The molecule has 1 aliphatic heterocycles. The molecule has 218 valence electrons. The number of benzene rings is 2. The quantitative estimate of drug-likeness (QED) is 0.199. The predicted octanol–water partition coefficient (Wildman–Crippen LogP) is 4.45. The summed E-state index contributed by atoms with van der Waals surface area (Å²) in [6, 6.07) is 22.1. The van der Waals surface area contributed by atoms with Crippen molar-refractivity contribution in [2.75, 3.05) is 32.7 Å². The number of rotatable bonds is 11. The topological polar surface area (TPSA) is 129 Å². The molecule has 4 aromatic rings. The van der Waals surface area contributed by atoms with Gasteiger partial charge in [-0.25, -0.2) is 14.6 Å². The number of para-hydroxylation sites is 2. The lowest BCUT2D eigenvalue weighted by molar-refractivity contribution is -0.134. The maximum Gasteiger partial charge on any atom is 0.328 e. The number of hydrogen-bond donors (Lipinski definition) is 2. The van der Waals surface area contributed by atoms with Gasteiger partial charge in [-0.3, -0.25) is 14.6 Å². The molecule has 2 N–H and O–H groups in total. The smallest absolute Gasteiger partial charge is 0.328 e. The van der Waals surface area contributed by atoms with Crippen LogP contribution in [0.15, 0.2) is 95.6 Å². The minimum atomic E-state index is -1.26. The molecule has 2 aromatic heterocycles. The van der Waals surface area contributed by atoms with Crippen molar-refractivity contribution in [1.29, 1.82) is 0 Å². The zero-order chi connectivity index (χ0) is 29.7. The van der Waals surface area contributed by atoms with Crippen molar-refractivity contribution in [2.45, 2.75) is 19.5 Å². The van der Waals surface area contributed by atoms with Gasteiger partial charge in [0.2, 0.25) is 0 Å². The van der Waals surface area contributed by atoms with Crippen LogP contribution in [-0.4, -0.2) is 80.0 Å². The Bertz CT molecular complexity index is 1500. The summed E-state index contributed by atoms with van der Waals surface area (Å²) >= 11 is 0. The molecule has 1 saturated heterocycles. The van der Waals surface area contributed by atoms with Crippen LogP contribution in [0.3, 0.4) is 0 Å². The van der Waals surface area contributed by atoms with E-state index in [0.29, 0.717) is 30.9 Å². The summed E-state index contributed by atoms with van der Waals surface area (Å²) in [5.41, 5.74) is 3.30. The van der Waals surface area contributed by atoms with Gasteiger partial charge in [0, 0.05) is 57.8 Å². The van der Waals surface area contributed by atoms with Crippen molar-refractivity contribution >= 4 is 34.8 Å². The molecule has 0 atom stereocenters. The Balaban J connectivity index is 0.000000446. The van der Waals surface area contributed by atoms with E-state index in [1.165, 1.54) is 5.56 Å². The van der Waals surface area contributed by atoms with E-state index < -0.39 is 11.9 Å². The van der Waals surface area contributed by atoms with Gasteiger partial charge in [0.15, 0.2) is 11.5 Å². The number of furan rings is 1. The van der Waals surface area contributed by atoms with Crippen molar-refractivity contribution in [3.8, 4) is 0 Å². The third-order valence-electron chi connectivity index (χ3n) is 6.76. The standard InChI is InChI=1S/C28H30N4O2.C4H4O4/c33-26(27-13-7-21-34-27)14-16-32-25-12-5-4-11-24(25)29-28(32)22-31-19-17-30(18-20-31)15-6-10-23-8-2-1-3-9-23;5-3(6)1-2-4(7)8/h1-13,21H,14-20,22H2;1-2H,(H,5,6)(H,7,8). The fraction of sp³-hybridized carbons (Fsp3) is 0.250. The fourth-order valence-corrected chi connectivity index (χ4v) is 4.64. The molecular weight excluding hydrogens is 536 g/mol. The number of carboxylic acids is 2. The summed E-state index contributed by atoms with van der Waals surface area (Å²) in [6.07, 6.45) is 7.49. The van der Waals surface area contributed by atoms with E-state index in [1.807, 2.05) is 24.3 Å². The molecule has 0 saturated carbocycles. The van der Waals surface area contributed by atoms with Crippen LogP contribution in [0.5, 0.6) is 0 Å². The van der Waals surface area contributed by atoms with Crippen molar-refractivity contribution in [1.82, 2.24) is 19.4 Å². The van der Waals surface area contributed by atoms with E-state index >= 15 is 0 Å². The second kappa shape index (κ2) is 15.3. The summed E-state index contributed by atoms with van der Waals surface area (Å²) in [5, 5.41) is 15.6. The fourth-order valence-electron chi connectivity index (χ4n) is 4.64. The van der Waals surface area contributed by atoms with E-state index in [0.717, 1.165) is 56.1 Å². The summed E-state index contributed by atoms with van der Waals surface area (Å²) in [5.74, 6) is -1.06. The normalized spacial score (nSPS) is 14.3. The van der Waals surface area contributed by atoms with Crippen LogP contribution in [0, 0.1) is 0 Å². The molecule has 2 aromatic carbocycles. The number of nitrogens with zero attached hydrogens (tertiary/aromatic N) is 4. The molecule has 0 aliphatic carbocycles. The first-order chi connectivity index (χ1) is 20.4. The number of carboxylic acid groups (broad SMARTS) is 2. The molecule has 3 heterocycles. The second-order valence-corrected chi connectivity index (χ2v) is 9.72. The molecule has 0 radical (unpaired) electrons. The van der Waals surface area contributed by atoms with Crippen LogP contribution in [0.1, 0.15) is 28.4 Å². The van der Waals surface area contributed by atoms with E-state index in [9.17, 15) is 14.4 Å². The minimum Gasteiger partial charge on any atom is -0.478 e. The van der Waals surface area contributed by atoms with E-state index in [-0.39, 0.29) is 5.78 Å². The summed E-state index contributed by atoms with van der Waals surface area (Å²) in [6.45, 7) is 6.45. The number of ketones is 1. The molecule has 1 aliphatic rings. The molecule has 1 fully saturated rings. The lowest BCUT2D eigenvalue weighted by Gasteiger charge is -2.34. The lowest BCUT2D eigenvalue weighted by Crippen LogP contribution is -2.46. The molecule has 10 nitrogen and oxygen atoms in total. The lowest BCUT2D eigenvalue weighted by atomic mass is 10.2. The van der Waals surface area contributed by atoms with Gasteiger partial charge in [-0.15, -0.1) is 0 Å². The Kier molecular flexibility index (Phi) is 11.0. The predicted molar refractivity (Wildman–Crippen MR) is 159 cm³/mol. The first kappa shape index (κ1) is 30.2. The van der Waals surface area contributed by atoms with Crippen LogP contribution in [-0.2, 0) is 22.7 Å². The molecule has 0 spiro atoms. The maximum absolute atomic E-state index is 12.5. The van der Waals surface area contributed by atoms with Gasteiger partial charge in [-0.05, 0) is 29.8 Å². The van der Waals surface area contributed by atoms with E-state index in [4.69, 9.17) is 19.6 Å². The van der Waals surface area contributed by atoms with Gasteiger partial charge in [0.05, 0.1) is 23.8 Å². The monoisotopic (exact) mass is 570 g/mol. The number of carbonyl (C=O) groups excluding carboxylic acids is 1. The molecule has 5 rings (SSSR count). The Morgan fingerprint density at radius 2 is 1.50 bits per heavy atom. The van der Waals surface area contributed by atoms with Gasteiger partial charge in [0.25, 0.3) is 0 Å². The maximum atomic E-state index is 12.5. The van der Waals surface area contributed by atoms with E-state index in [1.54, 1.807) is 18.4 Å². The molecule has 0 bridgehead atoms. The average Bonchev–Trinajstić information content (AvgIpc) is 3.65. The van der Waals surface area contributed by atoms with Crippen molar-refractivity contribution in [2.24, 2.45) is 0 Å². The van der Waals surface area contributed by atoms with E-state index in [2.05, 4.69) is 56.9 Å². The van der Waals surface area contributed by atoms with Crippen molar-refractivity contribution in [3.63, 3.8) is 0 Å². The SMILES string of the molecule is O=C(CCn1c(CN2CCN(CC=Cc3ccccc3)CC2)nc2ccccc21)c1ccco1.O=C(O)C=CC(=O)O. The summed E-state index contributed by atoms with van der Waals surface area (Å²) in [7, 11) is 0. The van der Waals surface area contributed by atoms with Crippen molar-refractivity contribution in [3.05, 3.63) is 108 Å². The zero-order valence-corrected chi connectivity index (χ0v) is 23.2. The third kappa shape index (κ3) is 9.12. The Labute approximate surface area is 243 Å². The van der Waals surface area contributed by atoms with Crippen LogP contribution in [0.2, 0.25) is 0 Å². The molecular formula is C32H34N4O6. The van der Waals surface area contributed by atoms with Crippen LogP contribution in [0.25, 0.3) is 17.1 Å². The van der Waals surface area contributed by atoms with Crippen LogP contribution < -0.4 is 0 Å². The highest BCUT2D eigenvalue weighted by Crippen LogP contribution is 2.19. The first-order valence-electron chi connectivity index (χ1n) is 13.7. The van der Waals surface area contributed by atoms with Crippen LogP contribution >= 0.6 is 0 Å². The molecule has 0 unspecified atom stereocenters. The van der Waals surface area contributed by atoms with Gasteiger partial charge in [0.1, 0.15) is 5.82 Å². The Morgan fingerprint density at radius 3 is 2.17 bits per heavy atom. The van der Waals surface area contributed by atoms with Gasteiger partial charge >= 0.3 is 11.9 Å². The van der Waals surface area contributed by atoms with Crippen molar-refractivity contribution < 1.29 is 29.0 Å². The first-order valence-corrected chi connectivity index (χ1v) is 13.7. The second-order valence-electron chi connectivity index (χ2n) is 9.72. The largest absolute Gasteiger partial charge is 0.478 e. The highest BCUT2D eigenvalue weighted by Gasteiger charge is 2.20. The number of carbonyl (C=O) groups is 3. The number of piperazine rings is 1. The number of aryl methyl sites for hydroxylation is 1.